The number of phenols is 1. The van der Waals surface area contributed by atoms with Crippen LogP contribution in [-0.2, 0) is 13.1 Å². The summed E-state index contributed by atoms with van der Waals surface area (Å²) in [5.41, 5.74) is 6.12. The molecule has 0 spiro atoms. The fourth-order valence-corrected chi connectivity index (χ4v) is 5.58. The highest BCUT2D eigenvalue weighted by Crippen LogP contribution is 2.38. The highest BCUT2D eigenvalue weighted by Gasteiger charge is 2.21. The van der Waals surface area contributed by atoms with Gasteiger partial charge in [0.1, 0.15) is 5.75 Å². The molecule has 2 aliphatic heterocycles. The Morgan fingerprint density at radius 2 is 1.56 bits per heavy atom. The standard InChI is InChI=1S/C28H35ClN4O/c1-20-21(18-32-12-4-2-5-13-32)16-27(28(34)24(20)19-33-14-6-3-7-15-33)31-25-10-11-30-26-17-22(29)8-9-23(25)26/h8-11,16-17,34H,2-7,12-15,18-19H2,1H3,(H,30,31). The van der Waals surface area contributed by atoms with Crippen molar-refractivity contribution in [2.75, 3.05) is 31.5 Å². The van der Waals surface area contributed by atoms with E-state index in [-0.39, 0.29) is 0 Å². The summed E-state index contributed by atoms with van der Waals surface area (Å²) in [5, 5.41) is 16.7. The van der Waals surface area contributed by atoms with Crippen LogP contribution in [0, 0.1) is 6.92 Å². The summed E-state index contributed by atoms with van der Waals surface area (Å²) in [6.07, 6.45) is 9.45. The predicted octanol–water partition coefficient (Wildman–Crippen LogP) is 6.62. The molecule has 0 atom stereocenters. The van der Waals surface area contributed by atoms with E-state index in [1.54, 1.807) is 6.20 Å². The Bertz CT molecular complexity index is 1150. The van der Waals surface area contributed by atoms with Crippen molar-refractivity contribution in [2.45, 2.75) is 58.5 Å². The first-order valence-corrected chi connectivity index (χ1v) is 13.1. The second-order valence-electron chi connectivity index (χ2n) is 9.85. The number of likely N-dealkylation sites (tertiary alicyclic amines) is 2. The molecule has 34 heavy (non-hydrogen) atoms. The van der Waals surface area contributed by atoms with Gasteiger partial charge >= 0.3 is 0 Å². The summed E-state index contributed by atoms with van der Waals surface area (Å²) >= 11 is 6.19. The van der Waals surface area contributed by atoms with E-state index in [0.29, 0.717) is 10.8 Å². The number of halogens is 1. The Labute approximate surface area is 207 Å². The SMILES string of the molecule is Cc1c(CN2CCCCC2)cc(Nc2ccnc3cc(Cl)ccc23)c(O)c1CN1CCCCC1. The number of aromatic hydroxyl groups is 1. The zero-order chi connectivity index (χ0) is 23.5. The monoisotopic (exact) mass is 478 g/mol. The number of phenolic OH excluding ortho intramolecular Hbond substituents is 1. The van der Waals surface area contributed by atoms with Gasteiger partial charge in [0.05, 0.1) is 11.2 Å². The lowest BCUT2D eigenvalue weighted by atomic mass is 9.97. The van der Waals surface area contributed by atoms with Crippen molar-refractivity contribution in [2.24, 2.45) is 0 Å². The molecule has 0 aliphatic carbocycles. The zero-order valence-electron chi connectivity index (χ0n) is 20.1. The van der Waals surface area contributed by atoms with E-state index in [0.717, 1.165) is 67.1 Å². The lowest BCUT2D eigenvalue weighted by molar-refractivity contribution is 0.215. The minimum atomic E-state index is 0.365. The van der Waals surface area contributed by atoms with Gasteiger partial charge in [-0.1, -0.05) is 24.4 Å². The maximum absolute atomic E-state index is 11.5. The van der Waals surface area contributed by atoms with Crippen molar-refractivity contribution in [1.29, 1.82) is 0 Å². The Morgan fingerprint density at radius 1 is 0.882 bits per heavy atom. The number of hydrogen-bond donors (Lipinski definition) is 2. The van der Waals surface area contributed by atoms with E-state index >= 15 is 0 Å². The van der Waals surface area contributed by atoms with Crippen molar-refractivity contribution in [3.8, 4) is 5.75 Å². The molecule has 1 aromatic heterocycles. The molecule has 180 valence electrons. The van der Waals surface area contributed by atoms with E-state index in [1.165, 1.54) is 49.7 Å². The molecule has 0 bridgehead atoms. The Morgan fingerprint density at radius 3 is 2.26 bits per heavy atom. The first-order chi connectivity index (χ1) is 16.6. The molecular weight excluding hydrogens is 444 g/mol. The number of anilines is 2. The molecule has 5 nitrogen and oxygen atoms in total. The maximum Gasteiger partial charge on any atom is 0.143 e. The normalized spacial score (nSPS) is 17.8. The van der Waals surface area contributed by atoms with Crippen LogP contribution in [0.15, 0.2) is 36.5 Å². The van der Waals surface area contributed by atoms with E-state index in [2.05, 4.69) is 33.1 Å². The Kier molecular flexibility index (Phi) is 7.23. The fourth-order valence-electron chi connectivity index (χ4n) is 5.41. The average Bonchev–Trinajstić information content (AvgIpc) is 2.86. The summed E-state index contributed by atoms with van der Waals surface area (Å²) in [5.74, 6) is 0.365. The maximum atomic E-state index is 11.5. The van der Waals surface area contributed by atoms with Crippen LogP contribution in [0.1, 0.15) is 55.2 Å². The number of nitrogens with zero attached hydrogens (tertiary/aromatic N) is 3. The van der Waals surface area contributed by atoms with Crippen LogP contribution in [-0.4, -0.2) is 46.1 Å². The topological polar surface area (TPSA) is 51.6 Å². The van der Waals surface area contributed by atoms with Crippen molar-refractivity contribution in [3.05, 3.63) is 58.2 Å². The van der Waals surface area contributed by atoms with Gasteiger partial charge in [-0.05, 0) is 100 Å². The first-order valence-electron chi connectivity index (χ1n) is 12.7. The van der Waals surface area contributed by atoms with Gasteiger partial charge in [-0.25, -0.2) is 0 Å². The minimum Gasteiger partial charge on any atom is -0.505 e. The molecule has 2 fully saturated rings. The van der Waals surface area contributed by atoms with Crippen molar-refractivity contribution >= 4 is 33.9 Å². The zero-order valence-corrected chi connectivity index (χ0v) is 20.9. The molecule has 2 aliphatic rings. The summed E-state index contributed by atoms with van der Waals surface area (Å²) in [6.45, 7) is 8.43. The van der Waals surface area contributed by atoms with Gasteiger partial charge in [0.25, 0.3) is 0 Å². The number of aromatic nitrogens is 1. The molecule has 0 radical (unpaired) electrons. The third kappa shape index (κ3) is 5.17. The molecule has 0 unspecified atom stereocenters. The highest BCUT2D eigenvalue weighted by atomic mass is 35.5. The molecule has 0 amide bonds. The molecular formula is C28H35ClN4O. The van der Waals surface area contributed by atoms with Gasteiger partial charge < -0.3 is 10.4 Å². The van der Waals surface area contributed by atoms with E-state index in [4.69, 9.17) is 11.6 Å². The number of rotatable bonds is 6. The van der Waals surface area contributed by atoms with Crippen LogP contribution in [0.25, 0.3) is 10.9 Å². The van der Waals surface area contributed by atoms with Crippen LogP contribution in [0.3, 0.4) is 0 Å². The predicted molar refractivity (Wildman–Crippen MR) is 141 cm³/mol. The molecule has 0 saturated carbocycles. The fraction of sp³-hybridized carbons (Fsp3) is 0.464. The third-order valence-electron chi connectivity index (χ3n) is 7.44. The number of benzene rings is 2. The molecule has 3 heterocycles. The minimum absolute atomic E-state index is 0.365. The lowest BCUT2D eigenvalue weighted by Crippen LogP contribution is -2.31. The Hall–Kier alpha value is -2.34. The number of hydrogen-bond acceptors (Lipinski definition) is 5. The van der Waals surface area contributed by atoms with Gasteiger partial charge in [-0.15, -0.1) is 0 Å². The van der Waals surface area contributed by atoms with Crippen molar-refractivity contribution in [3.63, 3.8) is 0 Å². The molecule has 2 saturated heterocycles. The summed E-state index contributed by atoms with van der Waals surface area (Å²) in [4.78, 5) is 9.52. The van der Waals surface area contributed by atoms with E-state index in [1.807, 2.05) is 24.3 Å². The molecule has 3 aromatic rings. The summed E-state index contributed by atoms with van der Waals surface area (Å²) in [6, 6.07) is 9.86. The quantitative estimate of drug-likeness (QED) is 0.390. The van der Waals surface area contributed by atoms with Gasteiger partial charge in [-0.3, -0.25) is 14.8 Å². The second-order valence-corrected chi connectivity index (χ2v) is 10.3. The largest absolute Gasteiger partial charge is 0.505 e. The van der Waals surface area contributed by atoms with Crippen LogP contribution in [0.2, 0.25) is 5.02 Å². The Balaban J connectivity index is 1.52. The third-order valence-corrected chi connectivity index (χ3v) is 7.68. The summed E-state index contributed by atoms with van der Waals surface area (Å²) in [7, 11) is 0. The van der Waals surface area contributed by atoms with Gasteiger partial charge in [0, 0.05) is 40.9 Å². The van der Waals surface area contributed by atoms with Gasteiger partial charge in [0.15, 0.2) is 0 Å². The number of fused-ring (bicyclic) bond motifs is 1. The van der Waals surface area contributed by atoms with Crippen LogP contribution in [0.5, 0.6) is 5.75 Å². The van der Waals surface area contributed by atoms with E-state index in [9.17, 15) is 5.11 Å². The molecule has 2 aromatic carbocycles. The highest BCUT2D eigenvalue weighted by molar-refractivity contribution is 6.31. The number of piperidine rings is 2. The van der Waals surface area contributed by atoms with Crippen molar-refractivity contribution < 1.29 is 5.11 Å². The first kappa shape index (κ1) is 23.4. The lowest BCUT2D eigenvalue weighted by Gasteiger charge is -2.30. The molecule has 2 N–H and O–H groups in total. The summed E-state index contributed by atoms with van der Waals surface area (Å²) < 4.78 is 0. The van der Waals surface area contributed by atoms with Crippen LogP contribution in [0.4, 0.5) is 11.4 Å². The van der Waals surface area contributed by atoms with E-state index < -0.39 is 0 Å². The van der Waals surface area contributed by atoms with Crippen molar-refractivity contribution in [1.82, 2.24) is 14.8 Å². The van der Waals surface area contributed by atoms with Gasteiger partial charge in [-0.2, -0.15) is 0 Å². The number of nitrogens with one attached hydrogen (secondary N) is 1. The second kappa shape index (κ2) is 10.5. The van der Waals surface area contributed by atoms with Crippen LogP contribution >= 0.6 is 11.6 Å². The average molecular weight is 479 g/mol. The molecule has 6 heteroatoms. The van der Waals surface area contributed by atoms with Crippen LogP contribution < -0.4 is 5.32 Å². The molecule has 5 rings (SSSR count). The smallest absolute Gasteiger partial charge is 0.143 e. The van der Waals surface area contributed by atoms with Gasteiger partial charge in [0.2, 0.25) is 0 Å². The number of pyridine rings is 1.